The molecule has 0 saturated heterocycles. The SMILES string of the molecule is CCOc1ccc(Nc2nccn(C)c2=O)cc1CN. The normalized spacial score (nSPS) is 10.3. The van der Waals surface area contributed by atoms with E-state index in [9.17, 15) is 4.79 Å². The molecule has 1 heterocycles. The van der Waals surface area contributed by atoms with Crippen LogP contribution in [0.1, 0.15) is 12.5 Å². The van der Waals surface area contributed by atoms with Crippen molar-refractivity contribution in [1.82, 2.24) is 9.55 Å². The molecule has 2 rings (SSSR count). The molecule has 0 radical (unpaired) electrons. The van der Waals surface area contributed by atoms with E-state index in [-0.39, 0.29) is 11.4 Å². The van der Waals surface area contributed by atoms with Crippen LogP contribution in [0.4, 0.5) is 11.5 Å². The minimum atomic E-state index is -0.185. The third-order valence-electron chi connectivity index (χ3n) is 2.86. The molecule has 0 amide bonds. The zero-order valence-electron chi connectivity index (χ0n) is 11.6. The minimum absolute atomic E-state index is 0.185. The molecule has 0 aliphatic rings. The van der Waals surface area contributed by atoms with Crippen molar-refractivity contribution >= 4 is 11.5 Å². The molecular weight excluding hydrogens is 256 g/mol. The second-order valence-electron chi connectivity index (χ2n) is 4.28. The van der Waals surface area contributed by atoms with Crippen LogP contribution < -0.4 is 21.3 Å². The molecule has 0 fully saturated rings. The van der Waals surface area contributed by atoms with Crippen LogP contribution in [0.2, 0.25) is 0 Å². The van der Waals surface area contributed by atoms with Crippen molar-refractivity contribution in [2.24, 2.45) is 12.8 Å². The van der Waals surface area contributed by atoms with E-state index >= 15 is 0 Å². The fourth-order valence-electron chi connectivity index (χ4n) is 1.83. The lowest BCUT2D eigenvalue weighted by Gasteiger charge is -2.12. The fraction of sp³-hybridized carbons (Fsp3) is 0.286. The second kappa shape index (κ2) is 6.21. The maximum atomic E-state index is 11.9. The Morgan fingerprint density at radius 3 is 2.95 bits per heavy atom. The number of aromatic nitrogens is 2. The Labute approximate surface area is 117 Å². The lowest BCUT2D eigenvalue weighted by Crippen LogP contribution is -2.20. The Hall–Kier alpha value is -2.34. The van der Waals surface area contributed by atoms with Gasteiger partial charge in [0.2, 0.25) is 0 Å². The highest BCUT2D eigenvalue weighted by Crippen LogP contribution is 2.23. The van der Waals surface area contributed by atoms with Gasteiger partial charge >= 0.3 is 0 Å². The van der Waals surface area contributed by atoms with Gasteiger partial charge in [-0.1, -0.05) is 0 Å². The zero-order valence-corrected chi connectivity index (χ0v) is 11.6. The molecule has 6 nitrogen and oxygen atoms in total. The van der Waals surface area contributed by atoms with Crippen LogP contribution in [0.5, 0.6) is 5.75 Å². The Morgan fingerprint density at radius 1 is 1.45 bits per heavy atom. The highest BCUT2D eigenvalue weighted by atomic mass is 16.5. The number of nitrogens with two attached hydrogens (primary N) is 1. The van der Waals surface area contributed by atoms with E-state index in [1.54, 1.807) is 19.4 Å². The van der Waals surface area contributed by atoms with Gasteiger partial charge in [0.1, 0.15) is 5.75 Å². The average Bonchev–Trinajstić information content (AvgIpc) is 2.45. The Morgan fingerprint density at radius 2 is 2.25 bits per heavy atom. The maximum absolute atomic E-state index is 11.9. The van der Waals surface area contributed by atoms with Crippen LogP contribution >= 0.6 is 0 Å². The van der Waals surface area contributed by atoms with Gasteiger partial charge in [-0.05, 0) is 25.1 Å². The van der Waals surface area contributed by atoms with Crippen molar-refractivity contribution in [3.8, 4) is 5.75 Å². The summed E-state index contributed by atoms with van der Waals surface area (Å²) in [6.45, 7) is 2.87. The van der Waals surface area contributed by atoms with Gasteiger partial charge in [-0.2, -0.15) is 0 Å². The van der Waals surface area contributed by atoms with Crippen LogP contribution in [0, 0.1) is 0 Å². The minimum Gasteiger partial charge on any atom is -0.494 e. The van der Waals surface area contributed by atoms with E-state index in [0.717, 1.165) is 17.0 Å². The molecule has 0 aliphatic heterocycles. The number of nitrogens with zero attached hydrogens (tertiary/aromatic N) is 2. The highest BCUT2D eigenvalue weighted by Gasteiger charge is 2.06. The first-order valence-electron chi connectivity index (χ1n) is 6.40. The highest BCUT2D eigenvalue weighted by molar-refractivity contribution is 5.58. The van der Waals surface area contributed by atoms with E-state index < -0.39 is 0 Å². The van der Waals surface area contributed by atoms with Crippen LogP contribution in [-0.4, -0.2) is 16.2 Å². The van der Waals surface area contributed by atoms with Gasteiger partial charge in [0.15, 0.2) is 5.82 Å². The van der Waals surface area contributed by atoms with E-state index in [4.69, 9.17) is 10.5 Å². The molecule has 0 aliphatic carbocycles. The van der Waals surface area contributed by atoms with Gasteiger partial charge in [-0.3, -0.25) is 4.79 Å². The first kappa shape index (κ1) is 14.1. The number of rotatable bonds is 5. The van der Waals surface area contributed by atoms with Crippen molar-refractivity contribution in [3.63, 3.8) is 0 Å². The number of ether oxygens (including phenoxy) is 1. The van der Waals surface area contributed by atoms with Gasteiger partial charge in [0, 0.05) is 37.2 Å². The molecule has 6 heteroatoms. The summed E-state index contributed by atoms with van der Waals surface area (Å²) < 4.78 is 6.95. The van der Waals surface area contributed by atoms with E-state index in [1.807, 2.05) is 25.1 Å². The van der Waals surface area contributed by atoms with Gasteiger partial charge < -0.3 is 20.4 Å². The molecule has 0 atom stereocenters. The lowest BCUT2D eigenvalue weighted by atomic mass is 10.1. The van der Waals surface area contributed by atoms with Crippen molar-refractivity contribution in [1.29, 1.82) is 0 Å². The largest absolute Gasteiger partial charge is 0.494 e. The molecule has 3 N–H and O–H groups in total. The fourth-order valence-corrected chi connectivity index (χ4v) is 1.83. The van der Waals surface area contributed by atoms with Gasteiger partial charge in [0.25, 0.3) is 5.56 Å². The summed E-state index contributed by atoms with van der Waals surface area (Å²) in [5.74, 6) is 1.04. The Bertz CT molecular complexity index is 652. The van der Waals surface area contributed by atoms with Crippen LogP contribution in [0.3, 0.4) is 0 Å². The Kier molecular flexibility index (Phi) is 4.37. The number of benzene rings is 1. The van der Waals surface area contributed by atoms with Crippen LogP contribution in [0.25, 0.3) is 0 Å². The topological polar surface area (TPSA) is 82.2 Å². The standard InChI is InChI=1S/C14H18N4O2/c1-3-20-12-5-4-11(8-10(12)9-15)17-13-14(19)18(2)7-6-16-13/h4-8H,3,9,15H2,1-2H3,(H,16,17). The van der Waals surface area contributed by atoms with Crippen molar-refractivity contribution in [2.75, 3.05) is 11.9 Å². The molecule has 1 aromatic carbocycles. The summed E-state index contributed by atoms with van der Waals surface area (Å²) in [5.41, 5.74) is 7.16. The summed E-state index contributed by atoms with van der Waals surface area (Å²) in [6, 6.07) is 5.53. The molecular formula is C14H18N4O2. The predicted octanol–water partition coefficient (Wildman–Crippen LogP) is 1.38. The maximum Gasteiger partial charge on any atom is 0.293 e. The number of aryl methyl sites for hydroxylation is 1. The van der Waals surface area contributed by atoms with E-state index in [0.29, 0.717) is 13.2 Å². The quantitative estimate of drug-likeness (QED) is 0.860. The smallest absolute Gasteiger partial charge is 0.293 e. The molecule has 0 spiro atoms. The molecule has 0 bridgehead atoms. The van der Waals surface area contributed by atoms with E-state index in [2.05, 4.69) is 10.3 Å². The summed E-state index contributed by atoms with van der Waals surface area (Å²) in [5, 5.41) is 3.00. The first-order chi connectivity index (χ1) is 9.65. The molecule has 2 aromatic rings. The Balaban J connectivity index is 2.30. The molecule has 106 valence electrons. The van der Waals surface area contributed by atoms with Crippen molar-refractivity contribution < 1.29 is 4.74 Å². The number of hydrogen-bond donors (Lipinski definition) is 2. The summed E-state index contributed by atoms with van der Waals surface area (Å²) in [7, 11) is 1.68. The first-order valence-corrected chi connectivity index (χ1v) is 6.40. The van der Waals surface area contributed by atoms with Crippen molar-refractivity contribution in [3.05, 3.63) is 46.5 Å². The van der Waals surface area contributed by atoms with Crippen molar-refractivity contribution in [2.45, 2.75) is 13.5 Å². The molecule has 0 unspecified atom stereocenters. The number of anilines is 2. The zero-order chi connectivity index (χ0) is 14.5. The lowest BCUT2D eigenvalue weighted by molar-refractivity contribution is 0.336. The monoisotopic (exact) mass is 274 g/mol. The molecule has 20 heavy (non-hydrogen) atoms. The summed E-state index contributed by atoms with van der Waals surface area (Å²) in [4.78, 5) is 15.9. The van der Waals surface area contributed by atoms with Crippen LogP contribution in [0.15, 0.2) is 35.4 Å². The number of hydrogen-bond acceptors (Lipinski definition) is 5. The second-order valence-corrected chi connectivity index (χ2v) is 4.28. The third-order valence-corrected chi connectivity index (χ3v) is 2.86. The predicted molar refractivity (Wildman–Crippen MR) is 78.3 cm³/mol. The van der Waals surface area contributed by atoms with E-state index in [1.165, 1.54) is 4.57 Å². The third kappa shape index (κ3) is 2.97. The number of nitrogens with one attached hydrogen (secondary N) is 1. The molecule has 0 saturated carbocycles. The average molecular weight is 274 g/mol. The molecule has 1 aromatic heterocycles. The van der Waals surface area contributed by atoms with Gasteiger partial charge in [0.05, 0.1) is 6.61 Å². The van der Waals surface area contributed by atoms with Gasteiger partial charge in [-0.25, -0.2) is 4.98 Å². The van der Waals surface area contributed by atoms with Gasteiger partial charge in [-0.15, -0.1) is 0 Å². The van der Waals surface area contributed by atoms with Crippen LogP contribution in [-0.2, 0) is 13.6 Å². The summed E-state index contributed by atoms with van der Waals surface area (Å²) in [6.07, 6.45) is 3.18. The summed E-state index contributed by atoms with van der Waals surface area (Å²) >= 11 is 0.